The van der Waals surface area contributed by atoms with Crippen molar-refractivity contribution in [2.24, 2.45) is 5.92 Å². The van der Waals surface area contributed by atoms with Crippen molar-refractivity contribution in [2.75, 3.05) is 12.2 Å². The largest absolute Gasteiger partial charge is 0.496 e. The molecule has 0 unspecified atom stereocenters. The second kappa shape index (κ2) is 12.7. The van der Waals surface area contributed by atoms with E-state index in [1.54, 1.807) is 13.2 Å². The van der Waals surface area contributed by atoms with Crippen LogP contribution in [0.1, 0.15) is 61.6 Å². The molecule has 1 saturated heterocycles. The fraction of sp³-hybridized carbons (Fsp3) is 0.250. The Balaban J connectivity index is 1.69. The van der Waals surface area contributed by atoms with Gasteiger partial charge in [0.15, 0.2) is 5.78 Å². The van der Waals surface area contributed by atoms with Gasteiger partial charge in [-0.15, -0.1) is 0 Å². The number of allylic oxidation sites excluding steroid dienone is 1. The molecule has 1 aliphatic heterocycles. The first kappa shape index (κ1) is 29.9. The van der Waals surface area contributed by atoms with Gasteiger partial charge in [0.2, 0.25) is 0 Å². The van der Waals surface area contributed by atoms with Crippen LogP contribution in [0.25, 0.3) is 6.08 Å². The van der Waals surface area contributed by atoms with Crippen molar-refractivity contribution in [2.45, 2.75) is 44.8 Å². The number of ether oxygens (including phenoxy) is 1. The zero-order chi connectivity index (χ0) is 29.9. The number of nitrogens with zero attached hydrogens (tertiary/aromatic N) is 1. The van der Waals surface area contributed by atoms with Crippen LogP contribution < -0.4 is 9.80 Å². The molecule has 5 rings (SSSR count). The molecule has 42 heavy (non-hydrogen) atoms. The minimum Gasteiger partial charge on any atom is -0.496 e. The Bertz CT molecular complexity index is 1550. The molecule has 0 amide bonds. The summed E-state index contributed by atoms with van der Waals surface area (Å²) >= 11 is 12.3. The lowest BCUT2D eigenvalue weighted by molar-refractivity contribution is -0.120. The number of methoxy groups -OCH3 is 1. The number of rotatable bonds is 9. The van der Waals surface area contributed by atoms with Crippen molar-refractivity contribution < 1.29 is 14.4 Å². The summed E-state index contributed by atoms with van der Waals surface area (Å²) in [6, 6.07) is 30.6. The summed E-state index contributed by atoms with van der Waals surface area (Å²) < 4.78 is 5.93. The Morgan fingerprint density at radius 3 is 2.19 bits per heavy atom. The number of hydrogen-bond donors (Lipinski definition) is 0. The summed E-state index contributed by atoms with van der Waals surface area (Å²) in [4.78, 5) is 21.1. The number of carbonyl (C=O) groups excluding carboxylic acids is 1. The fourth-order valence-electron chi connectivity index (χ4n) is 5.36. The molecule has 0 aromatic heterocycles. The zero-order valence-corrected chi connectivity index (χ0v) is 25.8. The Hall–Kier alpha value is -3.57. The average Bonchev–Trinajstić information content (AvgIpc) is 3.41. The van der Waals surface area contributed by atoms with E-state index in [0.717, 1.165) is 28.8 Å². The molecular weight excluding hydrogens is 565 g/mol. The number of ketones is 1. The number of halogens is 2. The second-order valence-corrected chi connectivity index (χ2v) is 12.1. The molecular formula is C36H35Cl2NO3. The maximum Gasteiger partial charge on any atom is 0.164 e. The summed E-state index contributed by atoms with van der Waals surface area (Å²) in [5.41, 5.74) is 4.60. The molecule has 4 nitrogen and oxygen atoms in total. The van der Waals surface area contributed by atoms with Crippen LogP contribution >= 0.6 is 23.2 Å². The van der Waals surface area contributed by atoms with Crippen LogP contribution in [-0.4, -0.2) is 12.9 Å². The van der Waals surface area contributed by atoms with Crippen LogP contribution in [0.3, 0.4) is 0 Å². The van der Waals surface area contributed by atoms with Gasteiger partial charge in [0.05, 0.1) is 24.8 Å². The Morgan fingerprint density at radius 2 is 1.57 bits per heavy atom. The molecule has 0 spiro atoms. The van der Waals surface area contributed by atoms with Gasteiger partial charge in [-0.1, -0.05) is 98.6 Å². The van der Waals surface area contributed by atoms with E-state index in [1.165, 1.54) is 5.56 Å². The number of carbonyl (C=O) groups is 1. The van der Waals surface area contributed by atoms with Crippen molar-refractivity contribution >= 4 is 40.7 Å². The monoisotopic (exact) mass is 599 g/mol. The second-order valence-electron chi connectivity index (χ2n) is 11.2. The smallest absolute Gasteiger partial charge is 0.164 e. The van der Waals surface area contributed by atoms with Gasteiger partial charge in [0.25, 0.3) is 0 Å². The van der Waals surface area contributed by atoms with E-state index >= 15 is 0 Å². The molecule has 0 bridgehead atoms. The number of para-hydroxylation sites is 1. The molecule has 6 heteroatoms. The van der Waals surface area contributed by atoms with Crippen molar-refractivity contribution in [1.29, 1.82) is 0 Å². The molecule has 216 valence electrons. The highest BCUT2D eigenvalue weighted by Crippen LogP contribution is 2.52. The SMILES string of the molecule is CCC(C)(C)c1ccc(OC)c([C@@H]2[C@@H](C(=O)/C=C/c3ccc(Cl)cc3)[C@H](c3ccc(Cl)cc3)ON2c2ccccc2)c1. The molecule has 0 N–H and O–H groups in total. The average molecular weight is 601 g/mol. The van der Waals surface area contributed by atoms with E-state index in [1.807, 2.05) is 96.1 Å². The van der Waals surface area contributed by atoms with Crippen molar-refractivity contribution in [3.05, 3.63) is 135 Å². The van der Waals surface area contributed by atoms with E-state index in [-0.39, 0.29) is 11.2 Å². The van der Waals surface area contributed by atoms with Crippen LogP contribution in [0.4, 0.5) is 5.69 Å². The molecule has 1 aliphatic rings. The summed E-state index contributed by atoms with van der Waals surface area (Å²) in [6.45, 7) is 6.64. The molecule has 0 aliphatic carbocycles. The third kappa shape index (κ3) is 6.27. The predicted molar refractivity (Wildman–Crippen MR) is 172 cm³/mol. The summed E-state index contributed by atoms with van der Waals surface area (Å²) in [6.07, 6.45) is 3.87. The van der Waals surface area contributed by atoms with Gasteiger partial charge in [0, 0.05) is 15.6 Å². The first-order chi connectivity index (χ1) is 20.2. The highest BCUT2D eigenvalue weighted by atomic mass is 35.5. The Kier molecular flexibility index (Phi) is 9.08. The van der Waals surface area contributed by atoms with Gasteiger partial charge in [-0.2, -0.15) is 0 Å². The number of benzene rings is 4. The topological polar surface area (TPSA) is 38.8 Å². The van der Waals surface area contributed by atoms with E-state index in [9.17, 15) is 4.79 Å². The number of anilines is 1. The lowest BCUT2D eigenvalue weighted by atomic mass is 9.78. The van der Waals surface area contributed by atoms with Crippen molar-refractivity contribution in [3.63, 3.8) is 0 Å². The number of hydrogen-bond acceptors (Lipinski definition) is 4. The van der Waals surface area contributed by atoms with Gasteiger partial charge in [0.1, 0.15) is 11.9 Å². The first-order valence-electron chi connectivity index (χ1n) is 14.1. The van der Waals surface area contributed by atoms with Crippen LogP contribution in [-0.2, 0) is 15.0 Å². The van der Waals surface area contributed by atoms with Crippen LogP contribution in [0.5, 0.6) is 5.75 Å². The molecule has 1 heterocycles. The lowest BCUT2D eigenvalue weighted by Gasteiger charge is -2.30. The van der Waals surface area contributed by atoms with Crippen LogP contribution in [0.15, 0.2) is 103 Å². The molecule has 0 saturated carbocycles. The molecule has 1 fully saturated rings. The highest BCUT2D eigenvalue weighted by molar-refractivity contribution is 6.30. The minimum absolute atomic E-state index is 0.0597. The minimum atomic E-state index is -0.594. The van der Waals surface area contributed by atoms with Crippen LogP contribution in [0.2, 0.25) is 10.0 Å². The van der Waals surface area contributed by atoms with E-state index in [4.69, 9.17) is 32.8 Å². The van der Waals surface area contributed by atoms with Gasteiger partial charge in [-0.05, 0) is 83.1 Å². The van der Waals surface area contributed by atoms with Gasteiger partial charge in [-0.25, -0.2) is 5.06 Å². The first-order valence-corrected chi connectivity index (χ1v) is 14.9. The summed E-state index contributed by atoms with van der Waals surface area (Å²) in [5.74, 6) is 0.0516. The third-order valence-corrected chi connectivity index (χ3v) is 8.71. The van der Waals surface area contributed by atoms with Gasteiger partial charge in [-0.3, -0.25) is 9.63 Å². The van der Waals surface area contributed by atoms with Crippen molar-refractivity contribution in [3.8, 4) is 5.75 Å². The molecule has 4 aromatic rings. The van der Waals surface area contributed by atoms with E-state index in [0.29, 0.717) is 15.8 Å². The maximum atomic E-state index is 14.3. The zero-order valence-electron chi connectivity index (χ0n) is 24.3. The highest BCUT2D eigenvalue weighted by Gasteiger charge is 2.49. The number of hydroxylamine groups is 1. The maximum absolute atomic E-state index is 14.3. The van der Waals surface area contributed by atoms with Gasteiger partial charge < -0.3 is 4.74 Å². The predicted octanol–water partition coefficient (Wildman–Crippen LogP) is 9.82. The molecule has 3 atom stereocenters. The Labute approximate surface area is 258 Å². The third-order valence-electron chi connectivity index (χ3n) is 8.21. The normalized spacial score (nSPS) is 18.9. The quantitative estimate of drug-likeness (QED) is 0.179. The lowest BCUT2D eigenvalue weighted by Crippen LogP contribution is -2.29. The summed E-state index contributed by atoms with van der Waals surface area (Å²) in [5, 5.41) is 3.14. The van der Waals surface area contributed by atoms with E-state index < -0.39 is 18.1 Å². The van der Waals surface area contributed by atoms with Gasteiger partial charge >= 0.3 is 0 Å². The Morgan fingerprint density at radius 1 is 0.929 bits per heavy atom. The summed E-state index contributed by atoms with van der Waals surface area (Å²) in [7, 11) is 1.67. The van der Waals surface area contributed by atoms with Crippen LogP contribution in [0, 0.1) is 5.92 Å². The molecule has 0 radical (unpaired) electrons. The van der Waals surface area contributed by atoms with Crippen molar-refractivity contribution in [1.82, 2.24) is 0 Å². The van der Waals surface area contributed by atoms with E-state index in [2.05, 4.69) is 32.9 Å². The fourth-order valence-corrected chi connectivity index (χ4v) is 5.61. The molecule has 4 aromatic carbocycles. The standard InChI is InChI=1S/C36H35Cl2NO3/c1-5-36(2,3)26-16-22-32(41-4)30(23-26)34-33(31(40)21-13-24-11-17-27(37)18-12-24)35(25-14-19-28(38)20-15-25)42-39(34)29-9-7-6-8-10-29/h6-23,33-35H,5H2,1-4H3/b21-13+/t33-,34-,35+/m1/s1.